The van der Waals surface area contributed by atoms with Crippen LogP contribution >= 0.6 is 0 Å². The molecule has 20 heavy (non-hydrogen) atoms. The van der Waals surface area contributed by atoms with Crippen LogP contribution in [-0.4, -0.2) is 36.6 Å². The molecule has 1 aromatic heterocycles. The van der Waals surface area contributed by atoms with Crippen LogP contribution in [0.4, 0.5) is 5.95 Å². The van der Waals surface area contributed by atoms with E-state index < -0.39 is 5.41 Å². The van der Waals surface area contributed by atoms with E-state index in [0.29, 0.717) is 24.6 Å². The number of anilines is 1. The van der Waals surface area contributed by atoms with Gasteiger partial charge < -0.3 is 15.2 Å². The molecule has 1 rings (SSSR count). The number of nitrogens with zero attached hydrogens (tertiary/aromatic N) is 2. The quantitative estimate of drug-likeness (QED) is 0.779. The molecule has 7 nitrogen and oxygen atoms in total. The third-order valence-corrected chi connectivity index (χ3v) is 3.55. The highest BCUT2D eigenvalue weighted by atomic mass is 16.5. The zero-order chi connectivity index (χ0) is 15.2. The lowest BCUT2D eigenvalue weighted by Gasteiger charge is -2.28. The summed E-state index contributed by atoms with van der Waals surface area (Å²) < 4.78 is 10.1. The van der Waals surface area contributed by atoms with Gasteiger partial charge in [-0.25, -0.2) is 0 Å². The molecule has 0 radical (unpaired) electrons. The van der Waals surface area contributed by atoms with E-state index in [1.165, 1.54) is 20.3 Å². The zero-order valence-corrected chi connectivity index (χ0v) is 12.4. The molecule has 0 aliphatic heterocycles. The smallest absolute Gasteiger partial charge is 0.236 e. The SMILES string of the molecule is CCC(CC)(CN)C(=O)Nc1nc(OC)cc(OC)n1. The van der Waals surface area contributed by atoms with Crippen LogP contribution < -0.4 is 20.5 Å². The number of hydrogen-bond acceptors (Lipinski definition) is 6. The van der Waals surface area contributed by atoms with Crippen molar-refractivity contribution in [3.63, 3.8) is 0 Å². The first-order chi connectivity index (χ1) is 9.54. The largest absolute Gasteiger partial charge is 0.481 e. The summed E-state index contributed by atoms with van der Waals surface area (Å²) in [6.45, 7) is 4.14. The molecule has 0 aliphatic carbocycles. The lowest BCUT2D eigenvalue weighted by Crippen LogP contribution is -2.41. The third kappa shape index (κ3) is 3.36. The van der Waals surface area contributed by atoms with Gasteiger partial charge in [0.05, 0.1) is 25.7 Å². The number of aromatic nitrogens is 2. The normalized spacial score (nSPS) is 11.1. The minimum Gasteiger partial charge on any atom is -0.481 e. The average Bonchev–Trinajstić information content (AvgIpc) is 2.49. The van der Waals surface area contributed by atoms with E-state index in [1.54, 1.807) is 0 Å². The Kier molecular flexibility index (Phi) is 5.69. The molecule has 0 saturated heterocycles. The maximum Gasteiger partial charge on any atom is 0.236 e. The molecule has 0 fully saturated rings. The van der Waals surface area contributed by atoms with Gasteiger partial charge in [0, 0.05) is 6.54 Å². The minimum absolute atomic E-state index is 0.144. The minimum atomic E-state index is -0.611. The molecule has 1 heterocycles. The first-order valence-corrected chi connectivity index (χ1v) is 6.53. The number of rotatable bonds is 7. The Hall–Kier alpha value is -1.89. The second-order valence-corrected chi connectivity index (χ2v) is 4.42. The molecule has 0 bridgehead atoms. The second-order valence-electron chi connectivity index (χ2n) is 4.42. The van der Waals surface area contributed by atoms with Crippen LogP contribution in [0.2, 0.25) is 0 Å². The Bertz CT molecular complexity index is 430. The van der Waals surface area contributed by atoms with Crippen molar-refractivity contribution < 1.29 is 14.3 Å². The van der Waals surface area contributed by atoms with Crippen molar-refractivity contribution in [2.45, 2.75) is 26.7 Å². The summed E-state index contributed by atoms with van der Waals surface area (Å²) in [7, 11) is 2.96. The molecule has 0 spiro atoms. The van der Waals surface area contributed by atoms with Gasteiger partial charge in [-0.3, -0.25) is 10.1 Å². The standard InChI is InChI=1S/C13H22N4O3/c1-5-13(6-2,8-14)11(18)17-12-15-9(19-3)7-10(16-12)20-4/h7H,5-6,8,14H2,1-4H3,(H,15,16,17,18). The Morgan fingerprint density at radius 3 is 2.10 bits per heavy atom. The highest BCUT2D eigenvalue weighted by molar-refractivity contribution is 5.94. The van der Waals surface area contributed by atoms with E-state index in [1.807, 2.05) is 13.8 Å². The van der Waals surface area contributed by atoms with Gasteiger partial charge in [-0.1, -0.05) is 13.8 Å². The highest BCUT2D eigenvalue weighted by Gasteiger charge is 2.33. The molecule has 112 valence electrons. The van der Waals surface area contributed by atoms with E-state index in [0.717, 1.165) is 0 Å². The van der Waals surface area contributed by atoms with Crippen molar-refractivity contribution in [2.75, 3.05) is 26.1 Å². The van der Waals surface area contributed by atoms with Crippen molar-refractivity contribution >= 4 is 11.9 Å². The van der Waals surface area contributed by atoms with Gasteiger partial charge in [0.2, 0.25) is 23.6 Å². The third-order valence-electron chi connectivity index (χ3n) is 3.55. The van der Waals surface area contributed by atoms with Crippen LogP contribution in [0.15, 0.2) is 6.07 Å². The fraction of sp³-hybridized carbons (Fsp3) is 0.615. The Labute approximate surface area is 118 Å². The van der Waals surface area contributed by atoms with Crippen LogP contribution in [0.25, 0.3) is 0 Å². The van der Waals surface area contributed by atoms with E-state index >= 15 is 0 Å². The molecular formula is C13H22N4O3. The summed E-state index contributed by atoms with van der Waals surface area (Å²) in [5.41, 5.74) is 5.13. The van der Waals surface area contributed by atoms with Crippen LogP contribution in [0.5, 0.6) is 11.8 Å². The topological polar surface area (TPSA) is 99.4 Å². The van der Waals surface area contributed by atoms with Crippen LogP contribution in [-0.2, 0) is 4.79 Å². The maximum absolute atomic E-state index is 12.4. The molecule has 1 aromatic rings. The van der Waals surface area contributed by atoms with Gasteiger partial charge in [-0.2, -0.15) is 9.97 Å². The summed E-state index contributed by atoms with van der Waals surface area (Å²) in [6, 6.07) is 1.53. The predicted molar refractivity (Wildman–Crippen MR) is 75.8 cm³/mol. The van der Waals surface area contributed by atoms with Gasteiger partial charge in [-0.15, -0.1) is 0 Å². The number of carbonyl (C=O) groups is 1. The number of nitrogens with two attached hydrogens (primary N) is 1. The fourth-order valence-electron chi connectivity index (χ4n) is 1.86. The number of amides is 1. The summed E-state index contributed by atoms with van der Waals surface area (Å²) in [5.74, 6) is 0.586. The Morgan fingerprint density at radius 2 is 1.75 bits per heavy atom. The Morgan fingerprint density at radius 1 is 1.25 bits per heavy atom. The molecule has 1 amide bonds. The molecule has 0 aromatic carbocycles. The van der Waals surface area contributed by atoms with Gasteiger partial charge in [0.25, 0.3) is 0 Å². The number of methoxy groups -OCH3 is 2. The molecule has 0 saturated carbocycles. The predicted octanol–water partition coefficient (Wildman–Crippen LogP) is 1.20. The fourth-order valence-corrected chi connectivity index (χ4v) is 1.86. The van der Waals surface area contributed by atoms with Gasteiger partial charge in [-0.05, 0) is 12.8 Å². The lowest BCUT2D eigenvalue weighted by molar-refractivity contribution is -0.125. The van der Waals surface area contributed by atoms with Crippen molar-refractivity contribution in [3.05, 3.63) is 6.07 Å². The van der Waals surface area contributed by atoms with E-state index in [9.17, 15) is 4.79 Å². The van der Waals surface area contributed by atoms with Crippen LogP contribution in [0.3, 0.4) is 0 Å². The molecular weight excluding hydrogens is 260 g/mol. The van der Waals surface area contributed by atoms with Crippen LogP contribution in [0.1, 0.15) is 26.7 Å². The van der Waals surface area contributed by atoms with Crippen molar-refractivity contribution in [1.29, 1.82) is 0 Å². The highest BCUT2D eigenvalue weighted by Crippen LogP contribution is 2.27. The lowest BCUT2D eigenvalue weighted by atomic mass is 9.81. The Balaban J connectivity index is 3.00. The average molecular weight is 282 g/mol. The van der Waals surface area contributed by atoms with Gasteiger partial charge >= 0.3 is 0 Å². The molecule has 0 atom stereocenters. The number of nitrogens with one attached hydrogen (secondary N) is 1. The summed E-state index contributed by atoms with van der Waals surface area (Å²) in [4.78, 5) is 20.5. The van der Waals surface area contributed by atoms with E-state index in [-0.39, 0.29) is 18.4 Å². The van der Waals surface area contributed by atoms with Crippen molar-refractivity contribution in [2.24, 2.45) is 11.1 Å². The van der Waals surface area contributed by atoms with E-state index in [2.05, 4.69) is 15.3 Å². The second kappa shape index (κ2) is 7.04. The van der Waals surface area contributed by atoms with Gasteiger partial charge in [0.1, 0.15) is 0 Å². The van der Waals surface area contributed by atoms with Crippen molar-refractivity contribution in [1.82, 2.24) is 9.97 Å². The summed E-state index contributed by atoms with van der Waals surface area (Å²) >= 11 is 0. The first-order valence-electron chi connectivity index (χ1n) is 6.53. The summed E-state index contributed by atoms with van der Waals surface area (Å²) in [6.07, 6.45) is 1.29. The van der Waals surface area contributed by atoms with Crippen LogP contribution in [0, 0.1) is 5.41 Å². The molecule has 3 N–H and O–H groups in total. The summed E-state index contributed by atoms with van der Waals surface area (Å²) in [5, 5.41) is 2.68. The van der Waals surface area contributed by atoms with Crippen molar-refractivity contribution in [3.8, 4) is 11.8 Å². The van der Waals surface area contributed by atoms with Gasteiger partial charge in [0.15, 0.2) is 0 Å². The maximum atomic E-state index is 12.4. The van der Waals surface area contributed by atoms with E-state index in [4.69, 9.17) is 15.2 Å². The molecule has 7 heteroatoms. The first kappa shape index (κ1) is 16.2. The zero-order valence-electron chi connectivity index (χ0n) is 12.4. The number of ether oxygens (including phenoxy) is 2. The molecule has 0 unspecified atom stereocenters. The number of hydrogen-bond donors (Lipinski definition) is 2. The monoisotopic (exact) mass is 282 g/mol. The number of carbonyl (C=O) groups excluding carboxylic acids is 1. The molecule has 0 aliphatic rings.